The van der Waals surface area contributed by atoms with E-state index >= 15 is 0 Å². The van der Waals surface area contributed by atoms with Crippen molar-refractivity contribution in [2.45, 2.75) is 18.9 Å². The van der Waals surface area contributed by atoms with Crippen LogP contribution in [0.1, 0.15) is 23.3 Å². The minimum absolute atomic E-state index is 0. The van der Waals surface area contributed by atoms with E-state index in [1.54, 1.807) is 18.2 Å². The SMILES string of the molecule is Cl.NC(CNC(=O)c1cc(-c2ccco2)on1)C1CC1. The summed E-state index contributed by atoms with van der Waals surface area (Å²) in [5.41, 5.74) is 6.15. The van der Waals surface area contributed by atoms with Gasteiger partial charge in [0.05, 0.1) is 6.26 Å². The minimum Gasteiger partial charge on any atom is -0.461 e. The summed E-state index contributed by atoms with van der Waals surface area (Å²) in [5, 5.41) is 6.48. The number of hydrogen-bond donors (Lipinski definition) is 2. The van der Waals surface area contributed by atoms with Gasteiger partial charge in [-0.1, -0.05) is 5.16 Å². The largest absolute Gasteiger partial charge is 0.461 e. The molecule has 2 aromatic rings. The quantitative estimate of drug-likeness (QED) is 0.878. The van der Waals surface area contributed by atoms with Crippen LogP contribution in [0.4, 0.5) is 0 Å². The first-order chi connectivity index (χ1) is 9.24. The van der Waals surface area contributed by atoms with Crippen molar-refractivity contribution in [3.8, 4) is 11.5 Å². The van der Waals surface area contributed by atoms with Crippen molar-refractivity contribution < 1.29 is 13.7 Å². The van der Waals surface area contributed by atoms with Gasteiger partial charge in [-0.05, 0) is 30.9 Å². The topological polar surface area (TPSA) is 94.3 Å². The second-order valence-electron chi connectivity index (χ2n) is 4.77. The van der Waals surface area contributed by atoms with Gasteiger partial charge < -0.3 is 20.0 Å². The number of rotatable bonds is 5. The fourth-order valence-electron chi connectivity index (χ4n) is 1.91. The number of hydrogen-bond acceptors (Lipinski definition) is 5. The molecule has 7 heteroatoms. The Kier molecular flexibility index (Phi) is 4.46. The summed E-state index contributed by atoms with van der Waals surface area (Å²) in [6.45, 7) is 0.465. The van der Waals surface area contributed by atoms with Gasteiger partial charge in [0.1, 0.15) is 0 Å². The number of furan rings is 1. The maximum atomic E-state index is 11.9. The summed E-state index contributed by atoms with van der Waals surface area (Å²) < 4.78 is 10.2. The van der Waals surface area contributed by atoms with Crippen LogP contribution in [0, 0.1) is 5.92 Å². The van der Waals surface area contributed by atoms with Crippen molar-refractivity contribution in [1.29, 1.82) is 0 Å². The van der Waals surface area contributed by atoms with E-state index in [4.69, 9.17) is 14.7 Å². The van der Waals surface area contributed by atoms with Gasteiger partial charge in [0, 0.05) is 18.7 Å². The standard InChI is InChI=1S/C13H15N3O3.ClH/c14-9(8-3-4-8)7-15-13(17)10-6-12(19-16-10)11-2-1-5-18-11;/h1-2,5-6,8-9H,3-4,7,14H2,(H,15,17);1H. The first-order valence-corrected chi connectivity index (χ1v) is 6.28. The zero-order chi connectivity index (χ0) is 13.2. The predicted molar refractivity (Wildman–Crippen MR) is 74.5 cm³/mol. The zero-order valence-electron chi connectivity index (χ0n) is 10.7. The lowest BCUT2D eigenvalue weighted by Crippen LogP contribution is -2.38. The molecule has 0 radical (unpaired) electrons. The molecule has 2 aromatic heterocycles. The molecule has 1 aliphatic rings. The first-order valence-electron chi connectivity index (χ1n) is 6.28. The molecule has 0 saturated heterocycles. The van der Waals surface area contributed by atoms with E-state index in [1.165, 1.54) is 6.26 Å². The van der Waals surface area contributed by atoms with Crippen LogP contribution in [0.15, 0.2) is 33.4 Å². The number of amides is 1. The minimum atomic E-state index is -0.280. The van der Waals surface area contributed by atoms with Crippen LogP contribution in [0.3, 0.4) is 0 Å². The Morgan fingerprint density at radius 2 is 2.30 bits per heavy atom. The van der Waals surface area contributed by atoms with Crippen molar-refractivity contribution in [2.75, 3.05) is 6.54 Å². The summed E-state index contributed by atoms with van der Waals surface area (Å²) in [4.78, 5) is 11.9. The normalized spacial score (nSPS) is 15.4. The maximum absolute atomic E-state index is 11.9. The van der Waals surface area contributed by atoms with Gasteiger partial charge in [0.2, 0.25) is 5.76 Å². The average Bonchev–Trinajstić information content (AvgIpc) is 2.94. The number of carbonyl (C=O) groups is 1. The second-order valence-corrected chi connectivity index (χ2v) is 4.77. The van der Waals surface area contributed by atoms with Crippen LogP contribution in [-0.2, 0) is 0 Å². The van der Waals surface area contributed by atoms with Crippen molar-refractivity contribution in [3.05, 3.63) is 30.2 Å². The molecule has 3 N–H and O–H groups in total. The molecule has 0 spiro atoms. The third kappa shape index (κ3) is 3.20. The molecule has 2 heterocycles. The van der Waals surface area contributed by atoms with Gasteiger partial charge >= 0.3 is 0 Å². The fourth-order valence-corrected chi connectivity index (χ4v) is 1.91. The Hall–Kier alpha value is -1.79. The Bertz CT molecular complexity index is 563. The van der Waals surface area contributed by atoms with Gasteiger partial charge in [-0.15, -0.1) is 12.4 Å². The zero-order valence-corrected chi connectivity index (χ0v) is 11.6. The Balaban J connectivity index is 0.00000147. The van der Waals surface area contributed by atoms with Crippen LogP contribution in [0.5, 0.6) is 0 Å². The van der Waals surface area contributed by atoms with E-state index in [9.17, 15) is 4.79 Å². The highest BCUT2D eigenvalue weighted by atomic mass is 35.5. The van der Waals surface area contributed by atoms with Crippen molar-refractivity contribution >= 4 is 18.3 Å². The first kappa shape index (κ1) is 14.6. The smallest absolute Gasteiger partial charge is 0.273 e. The molecule has 1 amide bonds. The highest BCUT2D eigenvalue weighted by molar-refractivity contribution is 5.92. The lowest BCUT2D eigenvalue weighted by molar-refractivity contribution is 0.0941. The van der Waals surface area contributed by atoms with E-state index in [0.29, 0.717) is 24.0 Å². The monoisotopic (exact) mass is 297 g/mol. The highest BCUT2D eigenvalue weighted by Gasteiger charge is 2.28. The highest BCUT2D eigenvalue weighted by Crippen LogP contribution is 2.31. The third-order valence-corrected chi connectivity index (χ3v) is 3.23. The molecule has 0 aliphatic heterocycles. The van der Waals surface area contributed by atoms with Crippen molar-refractivity contribution in [3.63, 3.8) is 0 Å². The molecule has 3 rings (SSSR count). The van der Waals surface area contributed by atoms with Crippen LogP contribution in [-0.4, -0.2) is 23.7 Å². The molecule has 0 aromatic carbocycles. The lowest BCUT2D eigenvalue weighted by atomic mass is 10.2. The van der Waals surface area contributed by atoms with Crippen LogP contribution < -0.4 is 11.1 Å². The van der Waals surface area contributed by atoms with Crippen LogP contribution in [0.25, 0.3) is 11.5 Å². The third-order valence-electron chi connectivity index (χ3n) is 3.23. The van der Waals surface area contributed by atoms with Gasteiger partial charge in [-0.3, -0.25) is 4.79 Å². The molecule has 6 nitrogen and oxygen atoms in total. The van der Waals surface area contributed by atoms with Crippen LogP contribution >= 0.6 is 12.4 Å². The van der Waals surface area contributed by atoms with E-state index in [2.05, 4.69) is 10.5 Å². The van der Waals surface area contributed by atoms with Crippen molar-refractivity contribution in [1.82, 2.24) is 10.5 Å². The average molecular weight is 298 g/mol. The molecule has 1 saturated carbocycles. The molecule has 0 bridgehead atoms. The Labute approximate surface area is 122 Å². The number of carbonyl (C=O) groups excluding carboxylic acids is 1. The second kappa shape index (κ2) is 6.11. The Morgan fingerprint density at radius 1 is 1.50 bits per heavy atom. The molecule has 20 heavy (non-hydrogen) atoms. The predicted octanol–water partition coefficient (Wildman–Crippen LogP) is 1.82. The number of nitrogens with two attached hydrogens (primary N) is 1. The van der Waals surface area contributed by atoms with E-state index in [0.717, 1.165) is 12.8 Å². The summed E-state index contributed by atoms with van der Waals surface area (Å²) >= 11 is 0. The molecule has 1 aliphatic carbocycles. The number of nitrogens with zero attached hydrogens (tertiary/aromatic N) is 1. The van der Waals surface area contributed by atoms with E-state index < -0.39 is 0 Å². The van der Waals surface area contributed by atoms with Crippen LogP contribution in [0.2, 0.25) is 0 Å². The molecular weight excluding hydrogens is 282 g/mol. The summed E-state index contributed by atoms with van der Waals surface area (Å²) in [5.74, 6) is 1.25. The van der Waals surface area contributed by atoms with E-state index in [1.807, 2.05) is 0 Å². The van der Waals surface area contributed by atoms with Gasteiger partial charge in [-0.2, -0.15) is 0 Å². The van der Waals surface area contributed by atoms with Crippen molar-refractivity contribution in [2.24, 2.45) is 11.7 Å². The molecule has 1 fully saturated rings. The molecule has 1 atom stereocenters. The summed E-state index contributed by atoms with van der Waals surface area (Å²) in [7, 11) is 0. The fraction of sp³-hybridized carbons (Fsp3) is 0.385. The van der Waals surface area contributed by atoms with Gasteiger partial charge in [-0.25, -0.2) is 0 Å². The molecule has 108 valence electrons. The molecule has 1 unspecified atom stereocenters. The molecular formula is C13H16ClN3O3. The number of nitrogens with one attached hydrogen (secondary N) is 1. The van der Waals surface area contributed by atoms with E-state index in [-0.39, 0.29) is 30.0 Å². The lowest BCUT2D eigenvalue weighted by Gasteiger charge is -2.09. The number of aromatic nitrogens is 1. The Morgan fingerprint density at radius 3 is 2.95 bits per heavy atom. The van der Waals surface area contributed by atoms with Gasteiger partial charge in [0.25, 0.3) is 5.91 Å². The maximum Gasteiger partial charge on any atom is 0.273 e. The van der Waals surface area contributed by atoms with Gasteiger partial charge in [0.15, 0.2) is 11.5 Å². The summed E-state index contributed by atoms with van der Waals surface area (Å²) in [6, 6.07) is 5.06. The number of halogens is 1. The summed E-state index contributed by atoms with van der Waals surface area (Å²) in [6.07, 6.45) is 3.85.